The van der Waals surface area contributed by atoms with Crippen LogP contribution in [-0.2, 0) is 9.59 Å². The number of carboxylic acids is 1. The van der Waals surface area contributed by atoms with Crippen LogP contribution in [0.4, 0.5) is 0 Å². The van der Waals surface area contributed by atoms with Gasteiger partial charge in [0.1, 0.15) is 0 Å². The molecule has 5 heteroatoms. The van der Waals surface area contributed by atoms with Gasteiger partial charge in [0.25, 0.3) is 0 Å². The van der Waals surface area contributed by atoms with Crippen molar-refractivity contribution in [3.05, 3.63) is 0 Å². The van der Waals surface area contributed by atoms with E-state index in [9.17, 15) is 14.7 Å². The maximum Gasteiger partial charge on any atom is 0.307 e. The predicted octanol–water partition coefficient (Wildman–Crippen LogP) is 1.33. The fourth-order valence-corrected chi connectivity index (χ4v) is 2.33. The van der Waals surface area contributed by atoms with Crippen LogP contribution in [0.2, 0.25) is 0 Å². The number of nitrogens with one attached hydrogen (secondary N) is 1. The first-order chi connectivity index (χ1) is 8.75. The summed E-state index contributed by atoms with van der Waals surface area (Å²) >= 11 is 0. The lowest BCUT2D eigenvalue weighted by molar-refractivity contribution is -0.149. The summed E-state index contributed by atoms with van der Waals surface area (Å²) in [7, 11) is 3.93. The zero-order valence-electron chi connectivity index (χ0n) is 12.4. The molecule has 0 saturated heterocycles. The van der Waals surface area contributed by atoms with Crippen LogP contribution in [0, 0.1) is 11.8 Å². The summed E-state index contributed by atoms with van der Waals surface area (Å²) in [6.45, 7) is 4.62. The van der Waals surface area contributed by atoms with Crippen LogP contribution < -0.4 is 5.32 Å². The summed E-state index contributed by atoms with van der Waals surface area (Å²) in [4.78, 5) is 25.4. The third-order valence-corrected chi connectivity index (χ3v) is 4.33. The zero-order valence-corrected chi connectivity index (χ0v) is 12.4. The Morgan fingerprint density at radius 2 is 1.74 bits per heavy atom. The maximum atomic E-state index is 12.2. The Morgan fingerprint density at radius 3 is 2.21 bits per heavy atom. The van der Waals surface area contributed by atoms with Gasteiger partial charge in [-0.05, 0) is 40.8 Å². The molecule has 0 spiro atoms. The van der Waals surface area contributed by atoms with Crippen molar-refractivity contribution < 1.29 is 14.7 Å². The lowest BCUT2D eigenvalue weighted by Crippen LogP contribution is -2.50. The number of rotatable bonds is 5. The summed E-state index contributed by atoms with van der Waals surface area (Å²) in [6, 6.07) is 0. The van der Waals surface area contributed by atoms with Gasteiger partial charge in [-0.1, -0.05) is 12.8 Å². The van der Waals surface area contributed by atoms with E-state index < -0.39 is 11.9 Å². The summed E-state index contributed by atoms with van der Waals surface area (Å²) in [5, 5.41) is 12.1. The van der Waals surface area contributed by atoms with Gasteiger partial charge in [0.2, 0.25) is 5.91 Å². The van der Waals surface area contributed by atoms with E-state index in [-0.39, 0.29) is 17.4 Å². The quantitative estimate of drug-likeness (QED) is 0.791. The number of carbonyl (C=O) groups excluding carboxylic acids is 1. The molecule has 1 amide bonds. The summed E-state index contributed by atoms with van der Waals surface area (Å²) < 4.78 is 0. The summed E-state index contributed by atoms with van der Waals surface area (Å²) in [6.07, 6.45) is 3.15. The molecule has 1 aliphatic carbocycles. The fourth-order valence-electron chi connectivity index (χ4n) is 2.33. The molecule has 0 aliphatic heterocycles. The van der Waals surface area contributed by atoms with Crippen molar-refractivity contribution in [1.29, 1.82) is 0 Å². The Balaban J connectivity index is 2.59. The second-order valence-corrected chi connectivity index (χ2v) is 6.26. The first kappa shape index (κ1) is 16.0. The highest BCUT2D eigenvalue weighted by Gasteiger charge is 2.36. The average molecular weight is 270 g/mol. The number of carbonyl (C=O) groups is 2. The van der Waals surface area contributed by atoms with Crippen LogP contribution in [0.1, 0.15) is 39.5 Å². The molecule has 19 heavy (non-hydrogen) atoms. The molecule has 110 valence electrons. The zero-order chi connectivity index (χ0) is 14.6. The highest BCUT2D eigenvalue weighted by Crippen LogP contribution is 2.30. The molecule has 1 aliphatic rings. The van der Waals surface area contributed by atoms with Gasteiger partial charge >= 0.3 is 5.97 Å². The largest absolute Gasteiger partial charge is 0.481 e. The van der Waals surface area contributed by atoms with Gasteiger partial charge in [-0.2, -0.15) is 0 Å². The Bertz CT molecular complexity index is 340. The third-order valence-electron chi connectivity index (χ3n) is 4.33. The van der Waals surface area contributed by atoms with Crippen molar-refractivity contribution in [3.8, 4) is 0 Å². The molecular weight excluding hydrogens is 244 g/mol. The van der Waals surface area contributed by atoms with Crippen molar-refractivity contribution >= 4 is 11.9 Å². The lowest BCUT2D eigenvalue weighted by atomic mass is 9.78. The van der Waals surface area contributed by atoms with E-state index in [4.69, 9.17) is 0 Å². The number of aliphatic carboxylic acids is 1. The molecular formula is C14H26N2O3. The molecule has 0 aromatic rings. The smallest absolute Gasteiger partial charge is 0.307 e. The van der Waals surface area contributed by atoms with Gasteiger partial charge in [0.15, 0.2) is 0 Å². The van der Waals surface area contributed by atoms with E-state index in [1.807, 2.05) is 32.8 Å². The first-order valence-corrected chi connectivity index (χ1v) is 6.93. The predicted molar refractivity (Wildman–Crippen MR) is 73.9 cm³/mol. The Hall–Kier alpha value is -1.10. The molecule has 0 radical (unpaired) electrons. The van der Waals surface area contributed by atoms with Crippen LogP contribution in [0.15, 0.2) is 0 Å². The van der Waals surface area contributed by atoms with Crippen molar-refractivity contribution in [2.75, 3.05) is 20.6 Å². The first-order valence-electron chi connectivity index (χ1n) is 6.93. The monoisotopic (exact) mass is 270 g/mol. The van der Waals surface area contributed by atoms with Crippen LogP contribution in [-0.4, -0.2) is 48.1 Å². The molecule has 1 fully saturated rings. The van der Waals surface area contributed by atoms with Gasteiger partial charge in [-0.3, -0.25) is 9.59 Å². The molecule has 1 saturated carbocycles. The SMILES string of the molecule is CN(C)C(C)(C)CNC(=O)C1CCCCC1C(=O)O. The minimum absolute atomic E-state index is 0.109. The van der Waals surface area contributed by atoms with Gasteiger partial charge < -0.3 is 15.3 Å². The second-order valence-electron chi connectivity index (χ2n) is 6.26. The van der Waals surface area contributed by atoms with Gasteiger partial charge in [0, 0.05) is 12.1 Å². The Morgan fingerprint density at radius 1 is 1.21 bits per heavy atom. The fraction of sp³-hybridized carbons (Fsp3) is 0.857. The standard InChI is InChI=1S/C14H26N2O3/c1-14(2,16(3)4)9-15-12(17)10-7-5-6-8-11(10)13(18)19/h10-11H,5-9H2,1-4H3,(H,15,17)(H,18,19). The van der Waals surface area contributed by atoms with Crippen molar-refractivity contribution in [3.63, 3.8) is 0 Å². The topological polar surface area (TPSA) is 69.6 Å². The van der Waals surface area contributed by atoms with E-state index in [0.29, 0.717) is 19.4 Å². The van der Waals surface area contributed by atoms with Crippen molar-refractivity contribution in [2.24, 2.45) is 11.8 Å². The minimum Gasteiger partial charge on any atom is -0.481 e. The molecule has 1 rings (SSSR count). The molecule has 2 unspecified atom stereocenters. The van der Waals surface area contributed by atoms with Gasteiger partial charge in [0.05, 0.1) is 11.8 Å². The highest BCUT2D eigenvalue weighted by molar-refractivity contribution is 5.84. The number of hydrogen-bond donors (Lipinski definition) is 2. The summed E-state index contributed by atoms with van der Waals surface area (Å²) in [5.41, 5.74) is -0.136. The average Bonchev–Trinajstić information content (AvgIpc) is 2.35. The van der Waals surface area contributed by atoms with Crippen molar-refractivity contribution in [1.82, 2.24) is 10.2 Å². The number of carboxylic acid groups (broad SMARTS) is 1. The number of amides is 1. The molecule has 0 aromatic heterocycles. The van der Waals surface area contributed by atoms with Crippen LogP contribution in [0.25, 0.3) is 0 Å². The van der Waals surface area contributed by atoms with E-state index in [0.717, 1.165) is 12.8 Å². The van der Waals surface area contributed by atoms with E-state index in [2.05, 4.69) is 5.32 Å². The Labute approximate surface area is 115 Å². The normalized spacial score (nSPS) is 24.3. The van der Waals surface area contributed by atoms with E-state index >= 15 is 0 Å². The highest BCUT2D eigenvalue weighted by atomic mass is 16.4. The van der Waals surface area contributed by atoms with Crippen LogP contribution >= 0.6 is 0 Å². The number of hydrogen-bond acceptors (Lipinski definition) is 3. The van der Waals surface area contributed by atoms with Gasteiger partial charge in [-0.25, -0.2) is 0 Å². The molecule has 0 heterocycles. The van der Waals surface area contributed by atoms with Crippen molar-refractivity contribution in [2.45, 2.75) is 45.1 Å². The Kier molecular flexibility index (Phi) is 5.35. The summed E-state index contributed by atoms with van der Waals surface area (Å²) in [5.74, 6) is -1.84. The number of likely N-dealkylation sites (N-methyl/N-ethyl adjacent to an activating group) is 1. The van der Waals surface area contributed by atoms with Crippen LogP contribution in [0.3, 0.4) is 0 Å². The molecule has 0 bridgehead atoms. The number of nitrogens with zero attached hydrogens (tertiary/aromatic N) is 1. The molecule has 2 atom stereocenters. The minimum atomic E-state index is -0.841. The maximum absolute atomic E-state index is 12.2. The second kappa shape index (κ2) is 6.37. The van der Waals surface area contributed by atoms with Crippen LogP contribution in [0.5, 0.6) is 0 Å². The lowest BCUT2D eigenvalue weighted by Gasteiger charge is -2.34. The van der Waals surface area contributed by atoms with E-state index in [1.54, 1.807) is 0 Å². The third kappa shape index (κ3) is 4.20. The van der Waals surface area contributed by atoms with Gasteiger partial charge in [-0.15, -0.1) is 0 Å². The molecule has 5 nitrogen and oxygen atoms in total. The molecule has 0 aromatic carbocycles. The van der Waals surface area contributed by atoms with E-state index in [1.165, 1.54) is 0 Å². The molecule has 2 N–H and O–H groups in total.